The molecule has 0 amide bonds. The van der Waals surface area contributed by atoms with E-state index in [0.717, 1.165) is 4.68 Å². The molecule has 4 aromatic rings. The number of hydrogen-bond donors (Lipinski definition) is 0. The van der Waals surface area contributed by atoms with Gasteiger partial charge >= 0.3 is 6.18 Å². The van der Waals surface area contributed by atoms with Crippen LogP contribution in [0.5, 0.6) is 5.88 Å². The van der Waals surface area contributed by atoms with Crippen LogP contribution < -0.4 is 4.74 Å². The molecule has 4 rings (SSSR count). The van der Waals surface area contributed by atoms with Gasteiger partial charge in [-0.15, -0.1) is 15.3 Å². The summed E-state index contributed by atoms with van der Waals surface area (Å²) < 4.78 is 61.8. The molecule has 0 bridgehead atoms. The van der Waals surface area contributed by atoms with Crippen LogP contribution >= 0.6 is 0 Å². The first kappa shape index (κ1) is 22.6. The number of nitrogens with zero attached hydrogens (tertiary/aromatic N) is 7. The van der Waals surface area contributed by atoms with Crippen LogP contribution in [0.25, 0.3) is 17.0 Å². The minimum Gasteiger partial charge on any atom is -0.468 e. The molecule has 174 valence electrons. The molecule has 8 nitrogen and oxygen atoms in total. The van der Waals surface area contributed by atoms with Crippen molar-refractivity contribution >= 4 is 5.65 Å². The lowest BCUT2D eigenvalue weighted by atomic mass is 9.88. The molecule has 0 spiro atoms. The summed E-state index contributed by atoms with van der Waals surface area (Å²) in [5.41, 5.74) is 0.776. The van der Waals surface area contributed by atoms with Gasteiger partial charge in [-0.25, -0.2) is 14.1 Å². The largest absolute Gasteiger partial charge is 0.468 e. The number of alkyl halides is 3. The van der Waals surface area contributed by atoms with Gasteiger partial charge in [0.2, 0.25) is 11.7 Å². The van der Waals surface area contributed by atoms with Crippen LogP contribution in [0.2, 0.25) is 0 Å². The first-order chi connectivity index (χ1) is 15.5. The van der Waals surface area contributed by atoms with E-state index in [0.29, 0.717) is 11.2 Å². The predicted molar refractivity (Wildman–Crippen MR) is 110 cm³/mol. The van der Waals surface area contributed by atoms with Crippen molar-refractivity contribution in [2.75, 3.05) is 0 Å². The maximum atomic E-state index is 14.3. The molecule has 0 N–H and O–H groups in total. The van der Waals surface area contributed by atoms with Gasteiger partial charge in [0.1, 0.15) is 5.82 Å². The number of halogens is 4. The summed E-state index contributed by atoms with van der Waals surface area (Å²) in [7, 11) is 0. The Kier molecular flexibility index (Phi) is 5.54. The van der Waals surface area contributed by atoms with Crippen molar-refractivity contribution < 1.29 is 22.3 Å². The molecule has 0 aliphatic carbocycles. The topological polar surface area (TPSA) is 83.0 Å². The van der Waals surface area contributed by atoms with Gasteiger partial charge in [0.05, 0.1) is 5.56 Å². The van der Waals surface area contributed by atoms with E-state index in [1.807, 2.05) is 20.8 Å². The van der Waals surface area contributed by atoms with Crippen molar-refractivity contribution in [1.82, 2.24) is 34.6 Å². The minimum absolute atomic E-state index is 0.00595. The van der Waals surface area contributed by atoms with Crippen molar-refractivity contribution in [3.8, 4) is 17.3 Å². The number of rotatable bonds is 5. The van der Waals surface area contributed by atoms with Gasteiger partial charge in [0.15, 0.2) is 23.9 Å². The third-order valence-corrected chi connectivity index (χ3v) is 4.89. The molecule has 0 unspecified atom stereocenters. The van der Waals surface area contributed by atoms with E-state index in [4.69, 9.17) is 4.74 Å². The van der Waals surface area contributed by atoms with Crippen LogP contribution in [0.3, 0.4) is 0 Å². The fourth-order valence-electron chi connectivity index (χ4n) is 3.28. The standard InChI is InChI=1S/C21H21F4N7O/c1-5-31-19(21(23,24)25)26-15(29-31)11-33-18-13(20(2,3)4)10-16-27-28-17(32(16)30-18)12-8-6-7-9-14(12)22/h6-10H,5,11H2,1-4H3. The summed E-state index contributed by atoms with van der Waals surface area (Å²) >= 11 is 0. The third kappa shape index (κ3) is 4.37. The fraction of sp³-hybridized carbons (Fsp3) is 0.381. The fourth-order valence-corrected chi connectivity index (χ4v) is 3.28. The predicted octanol–water partition coefficient (Wildman–Crippen LogP) is 4.44. The van der Waals surface area contributed by atoms with Gasteiger partial charge in [0, 0.05) is 12.1 Å². The molecule has 3 aromatic heterocycles. The number of aryl methyl sites for hydroxylation is 1. The first-order valence-corrected chi connectivity index (χ1v) is 10.1. The summed E-state index contributed by atoms with van der Waals surface area (Å²) in [5, 5.41) is 16.5. The first-order valence-electron chi connectivity index (χ1n) is 10.1. The SMILES string of the molecule is CCn1nc(COc2nn3c(-c4ccccc4F)nnc3cc2C(C)(C)C)nc1C(F)(F)F. The molecule has 0 saturated heterocycles. The van der Waals surface area contributed by atoms with Crippen LogP contribution in [0.15, 0.2) is 30.3 Å². The number of aromatic nitrogens is 7. The second-order valence-electron chi connectivity index (χ2n) is 8.34. The lowest BCUT2D eigenvalue weighted by molar-refractivity contribution is -0.147. The highest BCUT2D eigenvalue weighted by molar-refractivity contribution is 5.60. The average Bonchev–Trinajstić information content (AvgIpc) is 3.35. The normalized spacial score (nSPS) is 12.5. The van der Waals surface area contributed by atoms with E-state index in [-0.39, 0.29) is 36.2 Å². The van der Waals surface area contributed by atoms with Crippen molar-refractivity contribution in [2.45, 2.75) is 52.4 Å². The van der Waals surface area contributed by atoms with E-state index in [1.54, 1.807) is 24.3 Å². The Balaban J connectivity index is 1.75. The maximum absolute atomic E-state index is 14.3. The molecule has 3 heterocycles. The smallest absolute Gasteiger partial charge is 0.451 e. The quantitative estimate of drug-likeness (QED) is 0.407. The van der Waals surface area contributed by atoms with Gasteiger partial charge in [-0.1, -0.05) is 32.9 Å². The Bertz CT molecular complexity index is 1300. The Hall–Kier alpha value is -3.57. The molecule has 0 fully saturated rings. The zero-order valence-electron chi connectivity index (χ0n) is 18.4. The van der Waals surface area contributed by atoms with Gasteiger partial charge < -0.3 is 4.74 Å². The number of ether oxygens (including phenoxy) is 1. The Morgan fingerprint density at radius 2 is 1.76 bits per heavy atom. The molecular weight excluding hydrogens is 442 g/mol. The number of hydrogen-bond acceptors (Lipinski definition) is 6. The number of benzene rings is 1. The van der Waals surface area contributed by atoms with Crippen molar-refractivity contribution in [2.24, 2.45) is 0 Å². The Morgan fingerprint density at radius 3 is 2.36 bits per heavy atom. The molecule has 0 saturated carbocycles. The molecule has 0 radical (unpaired) electrons. The molecular formula is C21H21F4N7O. The average molecular weight is 463 g/mol. The second-order valence-corrected chi connectivity index (χ2v) is 8.34. The van der Waals surface area contributed by atoms with Gasteiger partial charge in [0.25, 0.3) is 0 Å². The molecule has 0 aliphatic rings. The summed E-state index contributed by atoms with van der Waals surface area (Å²) in [6.07, 6.45) is -4.63. The monoisotopic (exact) mass is 463 g/mol. The Morgan fingerprint density at radius 1 is 1.03 bits per heavy atom. The highest BCUT2D eigenvalue weighted by Gasteiger charge is 2.37. The van der Waals surface area contributed by atoms with Gasteiger partial charge in [-0.05, 0) is 30.5 Å². The molecule has 33 heavy (non-hydrogen) atoms. The van der Waals surface area contributed by atoms with Crippen molar-refractivity contribution in [1.29, 1.82) is 0 Å². The maximum Gasteiger partial charge on any atom is 0.451 e. The third-order valence-electron chi connectivity index (χ3n) is 4.89. The van der Waals surface area contributed by atoms with Crippen LogP contribution in [-0.2, 0) is 24.7 Å². The lowest BCUT2D eigenvalue weighted by Gasteiger charge is -2.21. The Labute approximate surface area is 186 Å². The minimum atomic E-state index is -4.63. The highest BCUT2D eigenvalue weighted by Crippen LogP contribution is 2.33. The summed E-state index contributed by atoms with van der Waals surface area (Å²) in [6.45, 7) is 6.98. The zero-order valence-corrected chi connectivity index (χ0v) is 18.4. The van der Waals surface area contributed by atoms with Gasteiger partial charge in [-0.3, -0.25) is 0 Å². The molecule has 12 heteroatoms. The van der Waals surface area contributed by atoms with Crippen LogP contribution in [0.4, 0.5) is 17.6 Å². The van der Waals surface area contributed by atoms with E-state index >= 15 is 0 Å². The van der Waals surface area contributed by atoms with E-state index in [1.165, 1.54) is 17.5 Å². The summed E-state index contributed by atoms with van der Waals surface area (Å²) in [5.74, 6) is -1.42. The van der Waals surface area contributed by atoms with E-state index in [2.05, 4.69) is 25.4 Å². The van der Waals surface area contributed by atoms with Crippen molar-refractivity contribution in [3.05, 3.63) is 53.4 Å². The summed E-state index contributed by atoms with van der Waals surface area (Å²) in [6, 6.07) is 7.77. The highest BCUT2D eigenvalue weighted by atomic mass is 19.4. The zero-order chi connectivity index (χ0) is 24.0. The van der Waals surface area contributed by atoms with E-state index in [9.17, 15) is 17.6 Å². The van der Waals surface area contributed by atoms with Gasteiger partial charge in [-0.2, -0.15) is 22.8 Å². The summed E-state index contributed by atoms with van der Waals surface area (Å²) in [4.78, 5) is 3.58. The molecule has 1 aromatic carbocycles. The second kappa shape index (κ2) is 8.09. The molecule has 0 aliphatic heterocycles. The van der Waals surface area contributed by atoms with Crippen molar-refractivity contribution in [3.63, 3.8) is 0 Å². The number of fused-ring (bicyclic) bond motifs is 1. The van der Waals surface area contributed by atoms with Crippen LogP contribution in [0, 0.1) is 5.82 Å². The molecule has 0 atom stereocenters. The lowest BCUT2D eigenvalue weighted by Crippen LogP contribution is -2.16. The van der Waals surface area contributed by atoms with Crippen LogP contribution in [-0.4, -0.2) is 34.6 Å². The van der Waals surface area contributed by atoms with E-state index < -0.39 is 23.2 Å². The van der Waals surface area contributed by atoms with Crippen LogP contribution in [0.1, 0.15) is 44.9 Å².